The number of benzene rings is 1. The quantitative estimate of drug-likeness (QED) is 0.730. The summed E-state index contributed by atoms with van der Waals surface area (Å²) in [6.45, 7) is 2.26. The number of aryl methyl sites for hydroxylation is 1. The van der Waals surface area contributed by atoms with Crippen molar-refractivity contribution in [3.63, 3.8) is 0 Å². The van der Waals surface area contributed by atoms with E-state index in [4.69, 9.17) is 11.7 Å². The fraction of sp³-hybridized carbons (Fsp3) is 0.143. The van der Waals surface area contributed by atoms with Gasteiger partial charge in [-0.15, -0.1) is 6.42 Å². The number of rotatable bonds is 2. The van der Waals surface area contributed by atoms with Crippen LogP contribution in [0, 0.1) is 30.6 Å². The topological polar surface area (TPSA) is 41.6 Å². The third-order valence-corrected chi connectivity index (χ3v) is 2.44. The highest BCUT2D eigenvalue weighted by Gasteiger charge is 2.03. The first kappa shape index (κ1) is 11.0. The Kier molecular flexibility index (Phi) is 2.94. The molecule has 0 saturated carbocycles. The van der Waals surface area contributed by atoms with Crippen LogP contribution in [-0.2, 0) is 6.54 Å². The third kappa shape index (κ3) is 2.35. The van der Waals surface area contributed by atoms with E-state index in [2.05, 4.69) is 23.2 Å². The summed E-state index contributed by atoms with van der Waals surface area (Å²) in [5.74, 6) is 2.63. The van der Waals surface area contributed by atoms with E-state index in [1.807, 2.05) is 25.3 Å². The van der Waals surface area contributed by atoms with E-state index in [1.54, 1.807) is 10.9 Å². The SMILES string of the molecule is C#Cc1cc(C)cc(-c2cnn(CC#N)c2)c1. The maximum Gasteiger partial charge on any atom is 0.128 e. The van der Waals surface area contributed by atoms with Crippen LogP contribution in [0.15, 0.2) is 30.6 Å². The molecule has 1 aromatic heterocycles. The Bertz CT molecular complexity index is 624. The van der Waals surface area contributed by atoms with Gasteiger partial charge < -0.3 is 0 Å². The van der Waals surface area contributed by atoms with Crippen molar-refractivity contribution in [1.82, 2.24) is 9.78 Å². The molecule has 2 aromatic rings. The molecule has 0 amide bonds. The highest BCUT2D eigenvalue weighted by atomic mass is 15.3. The highest BCUT2D eigenvalue weighted by Crippen LogP contribution is 2.21. The van der Waals surface area contributed by atoms with E-state index in [9.17, 15) is 0 Å². The number of hydrogen-bond donors (Lipinski definition) is 0. The minimum Gasteiger partial charge on any atom is -0.258 e. The molecule has 17 heavy (non-hydrogen) atoms. The second-order valence-electron chi connectivity index (χ2n) is 3.82. The molecule has 0 bridgehead atoms. The average Bonchev–Trinajstić information content (AvgIpc) is 2.77. The van der Waals surface area contributed by atoms with Gasteiger partial charge in [0.1, 0.15) is 6.54 Å². The van der Waals surface area contributed by atoms with Crippen LogP contribution in [0.1, 0.15) is 11.1 Å². The smallest absolute Gasteiger partial charge is 0.128 e. The fourth-order valence-corrected chi connectivity index (χ4v) is 1.70. The molecule has 0 aliphatic carbocycles. The zero-order chi connectivity index (χ0) is 12.3. The Morgan fingerprint density at radius 2 is 2.18 bits per heavy atom. The van der Waals surface area contributed by atoms with Crippen molar-refractivity contribution in [2.24, 2.45) is 0 Å². The molecule has 3 heteroatoms. The first-order chi connectivity index (χ1) is 8.22. The molecular formula is C14H11N3. The van der Waals surface area contributed by atoms with Gasteiger partial charge in [0.05, 0.1) is 12.3 Å². The molecule has 0 aliphatic rings. The van der Waals surface area contributed by atoms with Crippen molar-refractivity contribution in [2.75, 3.05) is 0 Å². The number of nitrogens with zero attached hydrogens (tertiary/aromatic N) is 3. The van der Waals surface area contributed by atoms with Crippen molar-refractivity contribution in [1.29, 1.82) is 5.26 Å². The van der Waals surface area contributed by atoms with Gasteiger partial charge in [-0.05, 0) is 30.2 Å². The second-order valence-corrected chi connectivity index (χ2v) is 3.82. The van der Waals surface area contributed by atoms with E-state index in [0.29, 0.717) is 0 Å². The summed E-state index contributed by atoms with van der Waals surface area (Å²) in [4.78, 5) is 0. The van der Waals surface area contributed by atoms with Gasteiger partial charge in [-0.2, -0.15) is 10.4 Å². The molecule has 0 unspecified atom stereocenters. The first-order valence-corrected chi connectivity index (χ1v) is 5.21. The average molecular weight is 221 g/mol. The van der Waals surface area contributed by atoms with E-state index in [0.717, 1.165) is 22.3 Å². The van der Waals surface area contributed by atoms with Crippen LogP contribution in [0.2, 0.25) is 0 Å². The largest absolute Gasteiger partial charge is 0.258 e. The van der Waals surface area contributed by atoms with Crippen molar-refractivity contribution in [3.05, 3.63) is 41.7 Å². The lowest BCUT2D eigenvalue weighted by Gasteiger charge is -2.01. The minimum atomic E-state index is 0.258. The lowest BCUT2D eigenvalue weighted by atomic mass is 10.0. The van der Waals surface area contributed by atoms with Gasteiger partial charge in [-0.3, -0.25) is 4.68 Å². The van der Waals surface area contributed by atoms with Gasteiger partial charge in [-0.25, -0.2) is 0 Å². The lowest BCUT2D eigenvalue weighted by molar-refractivity contribution is 0.710. The Labute approximate surface area is 100 Å². The van der Waals surface area contributed by atoms with Crippen LogP contribution in [-0.4, -0.2) is 9.78 Å². The van der Waals surface area contributed by atoms with E-state index < -0.39 is 0 Å². The third-order valence-electron chi connectivity index (χ3n) is 2.44. The lowest BCUT2D eigenvalue weighted by Crippen LogP contribution is -1.94. The van der Waals surface area contributed by atoms with Crippen LogP contribution in [0.5, 0.6) is 0 Å². The van der Waals surface area contributed by atoms with Crippen LogP contribution in [0.3, 0.4) is 0 Å². The van der Waals surface area contributed by atoms with E-state index >= 15 is 0 Å². The van der Waals surface area contributed by atoms with Gasteiger partial charge >= 0.3 is 0 Å². The van der Waals surface area contributed by atoms with E-state index in [1.165, 1.54) is 0 Å². The molecule has 0 fully saturated rings. The van der Waals surface area contributed by atoms with Gasteiger partial charge in [0.25, 0.3) is 0 Å². The minimum absolute atomic E-state index is 0.258. The number of hydrogen-bond acceptors (Lipinski definition) is 2. The summed E-state index contributed by atoms with van der Waals surface area (Å²) in [6, 6.07) is 8.01. The zero-order valence-electron chi connectivity index (χ0n) is 9.51. The molecular weight excluding hydrogens is 210 g/mol. The first-order valence-electron chi connectivity index (χ1n) is 5.21. The molecule has 0 spiro atoms. The molecule has 0 saturated heterocycles. The summed E-state index contributed by atoms with van der Waals surface area (Å²) in [5.41, 5.74) is 3.97. The van der Waals surface area contributed by atoms with Gasteiger partial charge in [-0.1, -0.05) is 12.0 Å². The summed E-state index contributed by atoms with van der Waals surface area (Å²) in [7, 11) is 0. The number of nitriles is 1. The summed E-state index contributed by atoms with van der Waals surface area (Å²) in [5, 5.41) is 12.7. The summed E-state index contributed by atoms with van der Waals surface area (Å²) in [6.07, 6.45) is 8.99. The van der Waals surface area contributed by atoms with Crippen LogP contribution in [0.25, 0.3) is 11.1 Å². The van der Waals surface area contributed by atoms with Crippen LogP contribution in [0.4, 0.5) is 0 Å². The zero-order valence-corrected chi connectivity index (χ0v) is 9.51. The van der Waals surface area contributed by atoms with Crippen molar-refractivity contribution < 1.29 is 0 Å². The Morgan fingerprint density at radius 3 is 2.88 bits per heavy atom. The molecule has 1 aromatic carbocycles. The predicted molar refractivity (Wildman–Crippen MR) is 65.9 cm³/mol. The van der Waals surface area contributed by atoms with Crippen molar-refractivity contribution >= 4 is 0 Å². The maximum atomic E-state index is 8.59. The predicted octanol–water partition coefficient (Wildman–Crippen LogP) is 2.36. The van der Waals surface area contributed by atoms with Gasteiger partial charge in [0.15, 0.2) is 0 Å². The number of terminal acetylenes is 1. The highest BCUT2D eigenvalue weighted by molar-refractivity contribution is 5.65. The normalized spacial score (nSPS) is 9.59. The number of aromatic nitrogens is 2. The van der Waals surface area contributed by atoms with E-state index in [-0.39, 0.29) is 6.54 Å². The van der Waals surface area contributed by atoms with Crippen LogP contribution < -0.4 is 0 Å². The Morgan fingerprint density at radius 1 is 1.35 bits per heavy atom. The van der Waals surface area contributed by atoms with Gasteiger partial charge in [0, 0.05) is 17.3 Å². The molecule has 82 valence electrons. The molecule has 3 nitrogen and oxygen atoms in total. The van der Waals surface area contributed by atoms with Gasteiger partial charge in [0.2, 0.25) is 0 Å². The Hall–Kier alpha value is -2.52. The molecule has 0 aliphatic heterocycles. The fourth-order valence-electron chi connectivity index (χ4n) is 1.70. The molecule has 2 rings (SSSR count). The van der Waals surface area contributed by atoms with Crippen molar-refractivity contribution in [2.45, 2.75) is 13.5 Å². The molecule has 0 radical (unpaired) electrons. The molecule has 1 heterocycles. The standard InChI is InChI=1S/C14H11N3/c1-3-12-6-11(2)7-13(8-12)14-9-16-17(10-14)5-4-15/h1,6-10H,5H2,2H3. The Balaban J connectivity index is 2.42. The van der Waals surface area contributed by atoms with Crippen LogP contribution >= 0.6 is 0 Å². The second kappa shape index (κ2) is 4.55. The molecule has 0 atom stereocenters. The monoisotopic (exact) mass is 221 g/mol. The summed E-state index contributed by atoms with van der Waals surface area (Å²) >= 11 is 0. The molecule has 0 N–H and O–H groups in total. The summed E-state index contributed by atoms with van der Waals surface area (Å²) < 4.78 is 1.60. The van der Waals surface area contributed by atoms with Crippen molar-refractivity contribution in [3.8, 4) is 29.5 Å². The maximum absolute atomic E-state index is 8.59.